The zero-order valence-corrected chi connectivity index (χ0v) is 20.5. The second kappa shape index (κ2) is 10.0. The minimum absolute atomic E-state index is 0.291. The van der Waals surface area contributed by atoms with Crippen LogP contribution in [0.25, 0.3) is 0 Å². The third-order valence-electron chi connectivity index (χ3n) is 6.18. The first kappa shape index (κ1) is 22.7. The van der Waals surface area contributed by atoms with Crippen LogP contribution >= 0.6 is 11.8 Å². The minimum atomic E-state index is 0.291. The number of nitrogens with one attached hydrogen (secondary N) is 2. The number of carbonyl (C=O) groups excluding carboxylic acids is 1. The number of hydrogen-bond donors (Lipinski definition) is 2. The lowest BCUT2D eigenvalue weighted by Crippen LogP contribution is -2.31. The van der Waals surface area contributed by atoms with Gasteiger partial charge in [0.2, 0.25) is 5.75 Å². The standard InChI is InChI=1S/C25H30N6O2S/c1-16-14-21(30-29-16)26-23-22(33-2)24(31-12-4-3-5-13-31)28-25(27-23)34-19-10-6-17(7-11-19)15-20(32)18-8-9-18/h6-7,10-11,14,18H,3-5,8-9,12-13,15H2,1-2H3,(H2,26,27,28,29,30). The molecule has 0 unspecified atom stereocenters. The van der Waals surface area contributed by atoms with Gasteiger partial charge in [-0.05, 0) is 68.5 Å². The van der Waals surface area contributed by atoms with Crippen molar-refractivity contribution < 1.29 is 9.53 Å². The molecule has 0 bridgehead atoms. The van der Waals surface area contributed by atoms with Crippen molar-refractivity contribution in [3.8, 4) is 5.75 Å². The molecule has 0 spiro atoms. The van der Waals surface area contributed by atoms with Crippen LogP contribution in [0.15, 0.2) is 40.4 Å². The van der Waals surface area contributed by atoms with E-state index < -0.39 is 0 Å². The Hall–Kier alpha value is -3.07. The van der Waals surface area contributed by atoms with Crippen LogP contribution in [0.5, 0.6) is 5.75 Å². The number of aromatic nitrogens is 4. The highest BCUT2D eigenvalue weighted by Crippen LogP contribution is 2.39. The van der Waals surface area contributed by atoms with E-state index in [2.05, 4.69) is 20.4 Å². The molecular weight excluding hydrogens is 448 g/mol. The Kier molecular flexibility index (Phi) is 6.71. The second-order valence-corrected chi connectivity index (χ2v) is 10.0. The van der Waals surface area contributed by atoms with E-state index in [9.17, 15) is 4.79 Å². The van der Waals surface area contributed by atoms with Crippen LogP contribution in [-0.2, 0) is 11.2 Å². The van der Waals surface area contributed by atoms with Crippen molar-refractivity contribution in [3.63, 3.8) is 0 Å². The van der Waals surface area contributed by atoms with Gasteiger partial charge < -0.3 is 15.0 Å². The predicted octanol–water partition coefficient (Wildman–Crippen LogP) is 4.92. The molecule has 0 atom stereocenters. The Bertz CT molecular complexity index is 1150. The van der Waals surface area contributed by atoms with Gasteiger partial charge in [-0.3, -0.25) is 9.89 Å². The molecule has 1 aromatic carbocycles. The summed E-state index contributed by atoms with van der Waals surface area (Å²) < 4.78 is 5.78. The Morgan fingerprint density at radius 1 is 1.18 bits per heavy atom. The maximum Gasteiger partial charge on any atom is 0.204 e. The van der Waals surface area contributed by atoms with Gasteiger partial charge in [-0.15, -0.1) is 0 Å². The van der Waals surface area contributed by atoms with E-state index in [1.165, 1.54) is 18.2 Å². The molecule has 5 rings (SSSR count). The average Bonchev–Trinajstić information content (AvgIpc) is 3.63. The second-order valence-electron chi connectivity index (χ2n) is 8.98. The third-order valence-corrected chi connectivity index (χ3v) is 7.06. The molecule has 1 saturated heterocycles. The fraction of sp³-hybridized carbons (Fsp3) is 0.440. The van der Waals surface area contributed by atoms with Crippen molar-refractivity contribution in [2.24, 2.45) is 5.92 Å². The number of hydrogen-bond acceptors (Lipinski definition) is 8. The first-order valence-electron chi connectivity index (χ1n) is 11.9. The van der Waals surface area contributed by atoms with Crippen molar-refractivity contribution in [2.45, 2.75) is 55.5 Å². The molecule has 0 amide bonds. The predicted molar refractivity (Wildman–Crippen MR) is 133 cm³/mol. The average molecular weight is 479 g/mol. The van der Waals surface area contributed by atoms with E-state index in [4.69, 9.17) is 14.7 Å². The number of carbonyl (C=O) groups is 1. The van der Waals surface area contributed by atoms with Gasteiger partial charge in [0, 0.05) is 42.1 Å². The van der Waals surface area contributed by atoms with Crippen LogP contribution in [0, 0.1) is 12.8 Å². The first-order chi connectivity index (χ1) is 16.6. The third kappa shape index (κ3) is 5.35. The van der Waals surface area contributed by atoms with Crippen molar-refractivity contribution >= 4 is 35.0 Å². The van der Waals surface area contributed by atoms with E-state index in [1.54, 1.807) is 7.11 Å². The molecule has 34 heavy (non-hydrogen) atoms. The van der Waals surface area contributed by atoms with E-state index in [0.717, 1.165) is 60.7 Å². The van der Waals surface area contributed by atoms with Gasteiger partial charge in [0.15, 0.2) is 22.6 Å². The number of ketones is 1. The summed E-state index contributed by atoms with van der Waals surface area (Å²) in [6.45, 7) is 3.85. The molecule has 2 N–H and O–H groups in total. The summed E-state index contributed by atoms with van der Waals surface area (Å²) in [4.78, 5) is 25.1. The van der Waals surface area contributed by atoms with E-state index >= 15 is 0 Å². The number of anilines is 3. The Morgan fingerprint density at radius 2 is 1.94 bits per heavy atom. The first-order valence-corrected chi connectivity index (χ1v) is 12.7. The van der Waals surface area contributed by atoms with Crippen molar-refractivity contribution in [2.75, 3.05) is 30.4 Å². The maximum atomic E-state index is 12.1. The molecule has 2 aliphatic rings. The zero-order valence-electron chi connectivity index (χ0n) is 19.6. The summed E-state index contributed by atoms with van der Waals surface area (Å²) >= 11 is 1.50. The molecule has 2 fully saturated rings. The molecule has 8 nitrogen and oxygen atoms in total. The lowest BCUT2D eigenvalue weighted by Gasteiger charge is -2.29. The van der Waals surface area contributed by atoms with E-state index in [-0.39, 0.29) is 0 Å². The highest BCUT2D eigenvalue weighted by Gasteiger charge is 2.29. The highest BCUT2D eigenvalue weighted by atomic mass is 32.2. The Morgan fingerprint density at radius 3 is 2.59 bits per heavy atom. The lowest BCUT2D eigenvalue weighted by molar-refractivity contribution is -0.119. The summed E-state index contributed by atoms with van der Waals surface area (Å²) in [6, 6.07) is 10.1. The normalized spacial score (nSPS) is 15.9. The van der Waals surface area contributed by atoms with Gasteiger partial charge in [0.1, 0.15) is 5.78 Å². The lowest BCUT2D eigenvalue weighted by atomic mass is 10.1. The summed E-state index contributed by atoms with van der Waals surface area (Å²) in [5.41, 5.74) is 2.02. The van der Waals surface area contributed by atoms with Crippen LogP contribution in [0.4, 0.5) is 17.5 Å². The van der Waals surface area contributed by atoms with E-state index in [0.29, 0.717) is 40.7 Å². The van der Waals surface area contributed by atoms with Crippen LogP contribution in [0.1, 0.15) is 43.4 Å². The maximum absolute atomic E-state index is 12.1. The monoisotopic (exact) mass is 478 g/mol. The SMILES string of the molecule is COc1c(Nc2cc(C)[nH]n2)nc(Sc2ccc(CC(=O)C3CC3)cc2)nc1N1CCCCC1. The van der Waals surface area contributed by atoms with Gasteiger partial charge in [0.05, 0.1) is 7.11 Å². The zero-order chi connectivity index (χ0) is 23.5. The summed E-state index contributed by atoms with van der Waals surface area (Å²) in [6.07, 6.45) is 6.13. The van der Waals surface area contributed by atoms with Crippen molar-refractivity contribution in [3.05, 3.63) is 41.6 Å². The van der Waals surface area contributed by atoms with Gasteiger partial charge in [-0.25, -0.2) is 9.97 Å². The highest BCUT2D eigenvalue weighted by molar-refractivity contribution is 7.99. The van der Waals surface area contributed by atoms with Gasteiger partial charge in [0.25, 0.3) is 0 Å². The summed E-state index contributed by atoms with van der Waals surface area (Å²) in [5, 5.41) is 11.2. The number of aromatic amines is 1. The molecule has 1 aliphatic heterocycles. The Balaban J connectivity index is 1.42. The molecule has 3 heterocycles. The molecule has 2 aromatic heterocycles. The number of H-pyrrole nitrogens is 1. The molecule has 9 heteroatoms. The van der Waals surface area contributed by atoms with Crippen LogP contribution < -0.4 is 15.0 Å². The van der Waals surface area contributed by atoms with Crippen LogP contribution in [-0.4, -0.2) is 46.1 Å². The number of piperidine rings is 1. The fourth-order valence-electron chi connectivity index (χ4n) is 4.19. The molecule has 0 radical (unpaired) electrons. The molecule has 1 saturated carbocycles. The van der Waals surface area contributed by atoms with Gasteiger partial charge in [-0.1, -0.05) is 12.1 Å². The van der Waals surface area contributed by atoms with Crippen molar-refractivity contribution in [1.29, 1.82) is 0 Å². The molecule has 178 valence electrons. The van der Waals surface area contributed by atoms with Crippen LogP contribution in [0.2, 0.25) is 0 Å². The fourth-order valence-corrected chi connectivity index (χ4v) is 4.94. The number of rotatable bonds is 9. The quantitative estimate of drug-likeness (QED) is 0.418. The number of ether oxygens (including phenoxy) is 1. The van der Waals surface area contributed by atoms with E-state index in [1.807, 2.05) is 37.3 Å². The van der Waals surface area contributed by atoms with Crippen LogP contribution in [0.3, 0.4) is 0 Å². The van der Waals surface area contributed by atoms with Crippen molar-refractivity contribution in [1.82, 2.24) is 20.2 Å². The number of nitrogens with zero attached hydrogens (tertiary/aromatic N) is 4. The van der Waals surface area contributed by atoms with Gasteiger partial charge >= 0.3 is 0 Å². The summed E-state index contributed by atoms with van der Waals surface area (Å²) in [5.74, 6) is 3.36. The largest absolute Gasteiger partial charge is 0.490 e. The Labute approximate surface area is 203 Å². The molecule has 1 aliphatic carbocycles. The minimum Gasteiger partial charge on any atom is -0.490 e. The number of benzene rings is 1. The topological polar surface area (TPSA) is 96.0 Å². The number of methoxy groups -OCH3 is 1. The smallest absolute Gasteiger partial charge is 0.204 e. The number of Topliss-reactive ketones (excluding diaryl/α,β-unsaturated/α-hetero) is 1. The summed E-state index contributed by atoms with van der Waals surface area (Å²) in [7, 11) is 1.65. The molecular formula is C25H30N6O2S. The molecule has 3 aromatic rings. The van der Waals surface area contributed by atoms with Gasteiger partial charge in [-0.2, -0.15) is 5.10 Å². The number of aryl methyl sites for hydroxylation is 1.